The number of hydrogen-bond acceptors (Lipinski definition) is 0. The van der Waals surface area contributed by atoms with Crippen molar-refractivity contribution in [3.63, 3.8) is 0 Å². The van der Waals surface area contributed by atoms with Crippen LogP contribution < -0.4 is 0 Å². The lowest BCUT2D eigenvalue weighted by Gasteiger charge is -2.26. The predicted octanol–water partition coefficient (Wildman–Crippen LogP) is 4.71. The minimum Gasteiger partial charge on any atom is -0.123 e. The van der Waals surface area contributed by atoms with Crippen molar-refractivity contribution in [1.82, 2.24) is 0 Å². The fourth-order valence-corrected chi connectivity index (χ4v) is 2.46. The number of alkyl halides is 1. The normalized spacial score (nSPS) is 18.7. The Balaban J connectivity index is 3.94. The molecule has 0 amide bonds. The Hall–Kier alpha value is 0.290. The Labute approximate surface area is 89.1 Å². The highest BCUT2D eigenvalue weighted by Gasteiger charge is 2.20. The maximum Gasteiger partial charge on any atom is 0.0338 e. The zero-order chi connectivity index (χ0) is 10.4. The average Bonchev–Trinajstić information content (AvgIpc) is 1.99. The van der Waals surface area contributed by atoms with E-state index in [9.17, 15) is 0 Å². The average molecular weight is 205 g/mol. The van der Waals surface area contributed by atoms with E-state index < -0.39 is 0 Å². The second-order valence-electron chi connectivity index (χ2n) is 4.71. The lowest BCUT2D eigenvalue weighted by molar-refractivity contribution is 0.293. The van der Waals surface area contributed by atoms with Crippen molar-refractivity contribution in [3.05, 3.63) is 0 Å². The van der Waals surface area contributed by atoms with E-state index in [2.05, 4.69) is 34.6 Å². The number of halogens is 1. The summed E-state index contributed by atoms with van der Waals surface area (Å²) < 4.78 is 0. The van der Waals surface area contributed by atoms with Gasteiger partial charge in [0.15, 0.2) is 0 Å². The molecule has 13 heavy (non-hydrogen) atoms. The molecule has 0 aliphatic carbocycles. The molecular formula is C12H25Cl. The van der Waals surface area contributed by atoms with E-state index in [-0.39, 0.29) is 0 Å². The molecule has 3 unspecified atom stereocenters. The highest BCUT2D eigenvalue weighted by molar-refractivity contribution is 6.20. The summed E-state index contributed by atoms with van der Waals surface area (Å²) in [5, 5.41) is 0.319. The lowest BCUT2D eigenvalue weighted by Crippen LogP contribution is -2.20. The van der Waals surface area contributed by atoms with Crippen molar-refractivity contribution in [2.24, 2.45) is 17.8 Å². The van der Waals surface area contributed by atoms with E-state index in [1.807, 2.05) is 0 Å². The summed E-state index contributed by atoms with van der Waals surface area (Å²) in [6, 6.07) is 0. The molecule has 0 fully saturated rings. The molecule has 0 radical (unpaired) electrons. The Morgan fingerprint density at radius 1 is 1.08 bits per heavy atom. The van der Waals surface area contributed by atoms with Crippen molar-refractivity contribution in [2.45, 2.75) is 59.3 Å². The minimum absolute atomic E-state index is 0.319. The third-order valence-electron chi connectivity index (χ3n) is 2.90. The van der Waals surface area contributed by atoms with Crippen LogP contribution in [0.15, 0.2) is 0 Å². The van der Waals surface area contributed by atoms with Crippen LogP contribution in [0, 0.1) is 17.8 Å². The molecule has 0 spiro atoms. The van der Waals surface area contributed by atoms with Crippen molar-refractivity contribution >= 4 is 11.6 Å². The first-order chi connectivity index (χ1) is 5.99. The van der Waals surface area contributed by atoms with Crippen LogP contribution >= 0.6 is 11.6 Å². The molecule has 0 rings (SSSR count). The van der Waals surface area contributed by atoms with E-state index in [1.165, 1.54) is 19.3 Å². The molecule has 1 heteroatoms. The predicted molar refractivity (Wildman–Crippen MR) is 62.3 cm³/mol. The van der Waals surface area contributed by atoms with Gasteiger partial charge in [-0.15, -0.1) is 11.6 Å². The van der Waals surface area contributed by atoms with Crippen LogP contribution in [0.25, 0.3) is 0 Å². The highest BCUT2D eigenvalue weighted by Crippen LogP contribution is 2.28. The van der Waals surface area contributed by atoms with Gasteiger partial charge in [0.05, 0.1) is 0 Å². The van der Waals surface area contributed by atoms with E-state index in [0.29, 0.717) is 17.2 Å². The van der Waals surface area contributed by atoms with Gasteiger partial charge in [-0.25, -0.2) is 0 Å². The molecule has 0 nitrogen and oxygen atoms in total. The largest absolute Gasteiger partial charge is 0.123 e. The summed E-state index contributed by atoms with van der Waals surface area (Å²) in [7, 11) is 0. The Bertz CT molecular complexity index is 110. The first-order valence-electron chi connectivity index (χ1n) is 5.63. The molecule has 0 saturated carbocycles. The van der Waals surface area contributed by atoms with Gasteiger partial charge in [0.2, 0.25) is 0 Å². The van der Waals surface area contributed by atoms with Crippen molar-refractivity contribution < 1.29 is 0 Å². The highest BCUT2D eigenvalue weighted by atomic mass is 35.5. The summed E-state index contributed by atoms with van der Waals surface area (Å²) in [5.74, 6) is 2.23. The molecule has 0 aromatic carbocycles. The minimum atomic E-state index is 0.319. The lowest BCUT2D eigenvalue weighted by atomic mass is 9.83. The monoisotopic (exact) mass is 204 g/mol. The zero-order valence-corrected chi connectivity index (χ0v) is 10.6. The molecule has 0 aromatic rings. The van der Waals surface area contributed by atoms with Crippen LogP contribution in [0.5, 0.6) is 0 Å². The Morgan fingerprint density at radius 2 is 1.62 bits per heavy atom. The maximum absolute atomic E-state index is 6.18. The van der Waals surface area contributed by atoms with Gasteiger partial charge in [-0.05, 0) is 31.1 Å². The van der Waals surface area contributed by atoms with Gasteiger partial charge in [-0.3, -0.25) is 0 Å². The van der Waals surface area contributed by atoms with Gasteiger partial charge in [0.25, 0.3) is 0 Å². The van der Waals surface area contributed by atoms with Crippen molar-refractivity contribution in [3.8, 4) is 0 Å². The van der Waals surface area contributed by atoms with Gasteiger partial charge in [0, 0.05) is 5.38 Å². The van der Waals surface area contributed by atoms with Crippen molar-refractivity contribution in [1.29, 1.82) is 0 Å². The molecule has 0 aliphatic rings. The van der Waals surface area contributed by atoms with Gasteiger partial charge < -0.3 is 0 Å². The molecular weight excluding hydrogens is 180 g/mol. The van der Waals surface area contributed by atoms with Gasteiger partial charge in [0.1, 0.15) is 0 Å². The quantitative estimate of drug-likeness (QED) is 0.550. The first kappa shape index (κ1) is 13.3. The molecule has 80 valence electrons. The third kappa shape index (κ3) is 5.57. The first-order valence-corrected chi connectivity index (χ1v) is 6.06. The molecule has 0 N–H and O–H groups in total. The van der Waals surface area contributed by atoms with E-state index >= 15 is 0 Å². The van der Waals surface area contributed by atoms with Gasteiger partial charge in [-0.2, -0.15) is 0 Å². The van der Waals surface area contributed by atoms with E-state index in [0.717, 1.165) is 5.92 Å². The second-order valence-corrected chi connectivity index (χ2v) is 5.40. The summed E-state index contributed by atoms with van der Waals surface area (Å²) in [4.78, 5) is 0. The molecule has 0 aliphatic heterocycles. The number of rotatable bonds is 6. The Morgan fingerprint density at radius 3 is 1.92 bits per heavy atom. The van der Waals surface area contributed by atoms with Crippen LogP contribution in [0.2, 0.25) is 0 Å². The summed E-state index contributed by atoms with van der Waals surface area (Å²) in [5.41, 5.74) is 0. The second kappa shape index (κ2) is 6.70. The summed E-state index contributed by atoms with van der Waals surface area (Å²) in [6.45, 7) is 11.3. The standard InChI is InChI=1S/C12H25Cl/c1-6-7-10(4)8-12(9(2)3)11(5)13/h9-12H,6-8H2,1-5H3. The Kier molecular flexibility index (Phi) is 6.85. The number of hydrogen-bond donors (Lipinski definition) is 0. The van der Waals surface area contributed by atoms with Crippen LogP contribution in [-0.2, 0) is 0 Å². The van der Waals surface area contributed by atoms with E-state index in [4.69, 9.17) is 11.6 Å². The van der Waals surface area contributed by atoms with Gasteiger partial charge >= 0.3 is 0 Å². The van der Waals surface area contributed by atoms with Crippen molar-refractivity contribution in [2.75, 3.05) is 0 Å². The molecule has 3 atom stereocenters. The third-order valence-corrected chi connectivity index (χ3v) is 3.23. The fraction of sp³-hybridized carbons (Fsp3) is 1.00. The van der Waals surface area contributed by atoms with Crippen LogP contribution in [0.1, 0.15) is 53.9 Å². The summed E-state index contributed by atoms with van der Waals surface area (Å²) >= 11 is 6.18. The molecule has 0 aromatic heterocycles. The molecule has 0 bridgehead atoms. The van der Waals surface area contributed by atoms with E-state index in [1.54, 1.807) is 0 Å². The SMILES string of the molecule is CCCC(C)CC(C(C)C)C(C)Cl. The van der Waals surface area contributed by atoms with Gasteiger partial charge in [-0.1, -0.05) is 40.5 Å². The fourth-order valence-electron chi connectivity index (χ4n) is 2.07. The maximum atomic E-state index is 6.18. The molecule has 0 heterocycles. The zero-order valence-electron chi connectivity index (χ0n) is 9.81. The van der Waals surface area contributed by atoms with Crippen LogP contribution in [0.4, 0.5) is 0 Å². The van der Waals surface area contributed by atoms with Crippen LogP contribution in [-0.4, -0.2) is 5.38 Å². The topological polar surface area (TPSA) is 0 Å². The van der Waals surface area contributed by atoms with Crippen LogP contribution in [0.3, 0.4) is 0 Å². The smallest absolute Gasteiger partial charge is 0.0338 e. The summed E-state index contributed by atoms with van der Waals surface area (Å²) in [6.07, 6.45) is 3.92. The molecule has 0 saturated heterocycles.